The van der Waals surface area contributed by atoms with Crippen molar-refractivity contribution in [2.24, 2.45) is 0 Å². The van der Waals surface area contributed by atoms with Crippen molar-refractivity contribution in [3.8, 4) is 0 Å². The first kappa shape index (κ1) is 17.4. The average Bonchev–Trinajstić information content (AvgIpc) is 2.71. The standard InChI is InChI=1S/C19H22N6O2/c1-23-7-8-24-9-10-25(13-16(24)18(23)27)17(26)14-11-20-19(21-12-14)22-15-5-3-2-4-6-15/h2-6,11-12,16H,7-10,13H2,1H3,(H,20,21,22)/t16-/m0/s1. The molecule has 1 atom stereocenters. The number of carbonyl (C=O) groups excluding carboxylic acids is 2. The number of hydrogen-bond acceptors (Lipinski definition) is 6. The van der Waals surface area contributed by atoms with Crippen LogP contribution in [0.1, 0.15) is 10.4 Å². The molecule has 1 aromatic carbocycles. The van der Waals surface area contributed by atoms with Gasteiger partial charge in [0.15, 0.2) is 0 Å². The van der Waals surface area contributed by atoms with Crippen LogP contribution in [0.4, 0.5) is 11.6 Å². The van der Waals surface area contributed by atoms with Gasteiger partial charge < -0.3 is 15.1 Å². The van der Waals surface area contributed by atoms with Gasteiger partial charge in [0.1, 0.15) is 6.04 Å². The smallest absolute Gasteiger partial charge is 0.257 e. The number of para-hydroxylation sites is 1. The molecule has 2 aliphatic heterocycles. The summed E-state index contributed by atoms with van der Waals surface area (Å²) in [5.74, 6) is 0.381. The highest BCUT2D eigenvalue weighted by Gasteiger charge is 2.38. The Morgan fingerprint density at radius 3 is 2.52 bits per heavy atom. The summed E-state index contributed by atoms with van der Waals surface area (Å²) in [5.41, 5.74) is 1.31. The summed E-state index contributed by atoms with van der Waals surface area (Å²) in [6.07, 6.45) is 3.06. The fourth-order valence-electron chi connectivity index (χ4n) is 3.49. The van der Waals surface area contributed by atoms with Crippen LogP contribution >= 0.6 is 0 Å². The van der Waals surface area contributed by atoms with Crippen LogP contribution in [0.5, 0.6) is 0 Å². The van der Waals surface area contributed by atoms with Crippen LogP contribution in [0.2, 0.25) is 0 Å². The van der Waals surface area contributed by atoms with E-state index in [1.54, 1.807) is 9.80 Å². The van der Waals surface area contributed by atoms with Crippen molar-refractivity contribution in [1.29, 1.82) is 0 Å². The molecule has 2 aromatic rings. The molecule has 2 aliphatic rings. The Labute approximate surface area is 157 Å². The lowest BCUT2D eigenvalue weighted by Crippen LogP contribution is -2.64. The summed E-state index contributed by atoms with van der Waals surface area (Å²) < 4.78 is 0. The fourth-order valence-corrected chi connectivity index (χ4v) is 3.49. The van der Waals surface area contributed by atoms with Gasteiger partial charge >= 0.3 is 0 Å². The lowest BCUT2D eigenvalue weighted by atomic mass is 10.1. The summed E-state index contributed by atoms with van der Waals surface area (Å²) in [6.45, 7) is 3.33. The quantitative estimate of drug-likeness (QED) is 0.866. The van der Waals surface area contributed by atoms with Gasteiger partial charge in [-0.25, -0.2) is 9.97 Å². The number of anilines is 2. The van der Waals surface area contributed by atoms with Crippen molar-refractivity contribution in [2.45, 2.75) is 6.04 Å². The Morgan fingerprint density at radius 2 is 1.78 bits per heavy atom. The van der Waals surface area contributed by atoms with Gasteiger partial charge in [0.2, 0.25) is 11.9 Å². The largest absolute Gasteiger partial charge is 0.343 e. The highest BCUT2D eigenvalue weighted by atomic mass is 16.2. The Kier molecular flexibility index (Phi) is 4.72. The molecule has 0 unspecified atom stereocenters. The third-order valence-corrected chi connectivity index (χ3v) is 5.09. The van der Waals surface area contributed by atoms with Gasteiger partial charge in [0.25, 0.3) is 5.91 Å². The lowest BCUT2D eigenvalue weighted by Gasteiger charge is -2.45. The summed E-state index contributed by atoms with van der Waals surface area (Å²) in [4.78, 5) is 39.3. The first-order valence-electron chi connectivity index (χ1n) is 9.04. The maximum absolute atomic E-state index is 12.8. The van der Waals surface area contributed by atoms with Crippen molar-refractivity contribution < 1.29 is 9.59 Å². The summed E-state index contributed by atoms with van der Waals surface area (Å²) in [5, 5.41) is 3.09. The number of hydrogen-bond donors (Lipinski definition) is 1. The van der Waals surface area contributed by atoms with Gasteiger partial charge in [0, 0.05) is 57.9 Å². The molecule has 2 saturated heterocycles. The highest BCUT2D eigenvalue weighted by Crippen LogP contribution is 2.18. The Bertz CT molecular complexity index is 826. The molecule has 3 heterocycles. The first-order chi connectivity index (χ1) is 13.1. The number of carbonyl (C=O) groups is 2. The highest BCUT2D eigenvalue weighted by molar-refractivity contribution is 5.94. The Morgan fingerprint density at radius 1 is 1.07 bits per heavy atom. The third kappa shape index (κ3) is 3.61. The molecular weight excluding hydrogens is 344 g/mol. The number of fused-ring (bicyclic) bond motifs is 1. The zero-order valence-corrected chi connectivity index (χ0v) is 15.2. The van der Waals surface area contributed by atoms with E-state index in [1.165, 1.54) is 12.4 Å². The van der Waals surface area contributed by atoms with E-state index in [-0.39, 0.29) is 17.9 Å². The molecule has 140 valence electrons. The third-order valence-electron chi connectivity index (χ3n) is 5.09. The normalized spacial score (nSPS) is 20.3. The molecule has 1 aromatic heterocycles. The number of piperazine rings is 2. The molecule has 4 rings (SSSR count). The number of benzene rings is 1. The molecule has 0 saturated carbocycles. The van der Waals surface area contributed by atoms with Crippen molar-refractivity contribution in [2.75, 3.05) is 45.1 Å². The van der Waals surface area contributed by atoms with E-state index >= 15 is 0 Å². The fraction of sp³-hybridized carbons (Fsp3) is 0.368. The topological polar surface area (TPSA) is 81.7 Å². The second kappa shape index (κ2) is 7.32. The molecule has 0 bridgehead atoms. The van der Waals surface area contributed by atoms with E-state index in [1.807, 2.05) is 37.4 Å². The summed E-state index contributed by atoms with van der Waals surface area (Å²) in [7, 11) is 1.81. The monoisotopic (exact) mass is 366 g/mol. The number of amides is 2. The van der Waals surface area contributed by atoms with Gasteiger partial charge in [-0.15, -0.1) is 0 Å². The zero-order chi connectivity index (χ0) is 18.8. The van der Waals surface area contributed by atoms with Gasteiger partial charge in [0.05, 0.1) is 5.56 Å². The van der Waals surface area contributed by atoms with Crippen LogP contribution in [0.25, 0.3) is 0 Å². The maximum atomic E-state index is 12.8. The molecule has 0 spiro atoms. The number of nitrogens with zero attached hydrogens (tertiary/aromatic N) is 5. The minimum atomic E-state index is -0.249. The number of rotatable bonds is 3. The van der Waals surface area contributed by atoms with Crippen molar-refractivity contribution in [3.05, 3.63) is 48.3 Å². The number of likely N-dealkylation sites (N-methyl/N-ethyl adjacent to an activating group) is 1. The van der Waals surface area contributed by atoms with E-state index in [9.17, 15) is 9.59 Å². The zero-order valence-electron chi connectivity index (χ0n) is 15.2. The number of nitrogens with one attached hydrogen (secondary N) is 1. The van der Waals surface area contributed by atoms with Gasteiger partial charge in [-0.05, 0) is 12.1 Å². The molecule has 0 aliphatic carbocycles. The summed E-state index contributed by atoms with van der Waals surface area (Å²) in [6, 6.07) is 9.36. The Balaban J connectivity index is 1.43. The molecule has 1 N–H and O–H groups in total. The van der Waals surface area contributed by atoms with Crippen LogP contribution in [0.15, 0.2) is 42.7 Å². The van der Waals surface area contributed by atoms with Crippen molar-refractivity contribution >= 4 is 23.5 Å². The lowest BCUT2D eigenvalue weighted by molar-refractivity contribution is -0.142. The van der Waals surface area contributed by atoms with Gasteiger partial charge in [-0.2, -0.15) is 0 Å². The van der Waals surface area contributed by atoms with Crippen LogP contribution < -0.4 is 5.32 Å². The van der Waals surface area contributed by atoms with E-state index in [0.29, 0.717) is 31.1 Å². The van der Waals surface area contributed by atoms with Crippen LogP contribution in [-0.2, 0) is 4.79 Å². The maximum Gasteiger partial charge on any atom is 0.257 e. The van der Waals surface area contributed by atoms with Gasteiger partial charge in [-0.1, -0.05) is 18.2 Å². The van der Waals surface area contributed by atoms with E-state index < -0.39 is 0 Å². The molecule has 0 radical (unpaired) electrons. The predicted molar refractivity (Wildman–Crippen MR) is 101 cm³/mol. The van der Waals surface area contributed by atoms with E-state index in [0.717, 1.165) is 18.8 Å². The molecule has 27 heavy (non-hydrogen) atoms. The summed E-state index contributed by atoms with van der Waals surface area (Å²) >= 11 is 0. The SMILES string of the molecule is CN1CCN2CCN(C(=O)c3cnc(Nc4ccccc4)nc3)C[C@H]2C1=O. The van der Waals surface area contributed by atoms with Crippen molar-refractivity contribution in [3.63, 3.8) is 0 Å². The molecule has 8 nitrogen and oxygen atoms in total. The molecule has 2 fully saturated rings. The minimum absolute atomic E-state index is 0.0809. The minimum Gasteiger partial charge on any atom is -0.343 e. The van der Waals surface area contributed by atoms with Crippen molar-refractivity contribution in [1.82, 2.24) is 24.7 Å². The van der Waals surface area contributed by atoms with Crippen LogP contribution in [0.3, 0.4) is 0 Å². The van der Waals surface area contributed by atoms with Gasteiger partial charge in [-0.3, -0.25) is 14.5 Å². The molecule has 8 heteroatoms. The first-order valence-corrected chi connectivity index (χ1v) is 9.04. The van der Waals surface area contributed by atoms with E-state index in [4.69, 9.17) is 0 Å². The van der Waals surface area contributed by atoms with E-state index in [2.05, 4.69) is 20.2 Å². The number of aromatic nitrogens is 2. The molecule has 2 amide bonds. The van der Waals surface area contributed by atoms with Crippen LogP contribution in [-0.4, -0.2) is 82.3 Å². The second-order valence-electron chi connectivity index (χ2n) is 6.85. The average molecular weight is 366 g/mol. The van der Waals surface area contributed by atoms with Crippen LogP contribution in [0, 0.1) is 0 Å². The molecular formula is C19H22N6O2. The predicted octanol–water partition coefficient (Wildman–Crippen LogP) is 0.819. The Hall–Kier alpha value is -3.00. The second-order valence-corrected chi connectivity index (χ2v) is 6.85.